The van der Waals surface area contributed by atoms with Gasteiger partial charge in [0.2, 0.25) is 0 Å². The molecule has 1 aromatic carbocycles. The van der Waals surface area contributed by atoms with Crippen LogP contribution >= 0.6 is 0 Å². The zero-order valence-corrected chi connectivity index (χ0v) is 12.1. The van der Waals surface area contributed by atoms with Crippen molar-refractivity contribution in [2.24, 2.45) is 11.7 Å². The molecule has 2 rings (SSSR count). The normalized spacial score (nSPS) is 18.3. The smallest absolute Gasteiger partial charge is 0.122 e. The molecule has 1 saturated carbocycles. The first kappa shape index (κ1) is 14.2. The van der Waals surface area contributed by atoms with E-state index in [0.29, 0.717) is 5.75 Å². The average Bonchev–Trinajstić information content (AvgIpc) is 2.39. The highest BCUT2D eigenvalue weighted by atomic mass is 16.3. The number of phenolic OH excluding ortho intramolecular Hbond substituents is 1. The van der Waals surface area contributed by atoms with Crippen LogP contribution in [0.25, 0.3) is 0 Å². The van der Waals surface area contributed by atoms with Crippen molar-refractivity contribution in [3.8, 4) is 5.75 Å². The molecular weight excluding hydrogens is 236 g/mol. The van der Waals surface area contributed by atoms with Gasteiger partial charge in [0.05, 0.1) is 0 Å². The number of hydrogen-bond acceptors (Lipinski definition) is 3. The lowest BCUT2D eigenvalue weighted by Gasteiger charge is -2.28. The van der Waals surface area contributed by atoms with Crippen LogP contribution in [0.4, 0.5) is 5.69 Å². The Morgan fingerprint density at radius 2 is 2.00 bits per heavy atom. The monoisotopic (exact) mass is 262 g/mol. The van der Waals surface area contributed by atoms with Gasteiger partial charge in [0, 0.05) is 37.0 Å². The van der Waals surface area contributed by atoms with Gasteiger partial charge < -0.3 is 15.7 Å². The molecule has 0 heterocycles. The predicted octanol–water partition coefficient (Wildman–Crippen LogP) is 3.43. The van der Waals surface area contributed by atoms with Crippen LogP contribution < -0.4 is 10.6 Å². The molecule has 106 valence electrons. The van der Waals surface area contributed by atoms with Gasteiger partial charge in [-0.15, -0.1) is 0 Å². The maximum atomic E-state index is 10.0. The van der Waals surface area contributed by atoms with E-state index >= 15 is 0 Å². The molecule has 1 aromatic rings. The third kappa shape index (κ3) is 3.63. The Hall–Kier alpha value is -1.22. The number of anilines is 1. The molecular formula is C16H26N2O. The number of benzene rings is 1. The molecule has 0 aromatic heterocycles. The third-order valence-electron chi connectivity index (χ3n) is 4.20. The summed E-state index contributed by atoms with van der Waals surface area (Å²) in [5, 5.41) is 10.0. The molecule has 3 nitrogen and oxygen atoms in total. The van der Waals surface area contributed by atoms with Crippen LogP contribution in [0.1, 0.15) is 50.6 Å². The summed E-state index contributed by atoms with van der Waals surface area (Å²) < 4.78 is 0. The molecule has 0 radical (unpaired) electrons. The predicted molar refractivity (Wildman–Crippen MR) is 80.6 cm³/mol. The molecule has 0 bridgehead atoms. The minimum atomic E-state index is -0.127. The number of nitrogens with two attached hydrogens (primary N) is 1. The summed E-state index contributed by atoms with van der Waals surface area (Å²) in [4.78, 5) is 2.25. The first-order chi connectivity index (χ1) is 9.08. The lowest BCUT2D eigenvalue weighted by Crippen LogP contribution is -2.26. The highest BCUT2D eigenvalue weighted by Gasteiger charge is 2.16. The largest absolute Gasteiger partial charge is 0.508 e. The standard InChI is InChI=1S/C16H26N2O/c1-12(17)15-9-8-14(10-16(15)19)18(2)11-13-6-4-3-5-7-13/h8-10,12-13,19H,3-7,11,17H2,1-2H3. The number of phenols is 1. The molecule has 1 atom stereocenters. The number of aromatic hydroxyl groups is 1. The fourth-order valence-electron chi connectivity index (χ4n) is 3.02. The SMILES string of the molecule is CC(N)c1ccc(N(C)CC2CCCCC2)cc1O. The fraction of sp³-hybridized carbons (Fsp3) is 0.625. The first-order valence-corrected chi connectivity index (χ1v) is 7.37. The van der Waals surface area contributed by atoms with Crippen LogP contribution in [0.3, 0.4) is 0 Å². The van der Waals surface area contributed by atoms with Crippen LogP contribution in [0.2, 0.25) is 0 Å². The van der Waals surface area contributed by atoms with Crippen LogP contribution in [-0.4, -0.2) is 18.7 Å². The Morgan fingerprint density at radius 3 is 2.58 bits per heavy atom. The Bertz CT molecular complexity index is 411. The summed E-state index contributed by atoms with van der Waals surface area (Å²) in [5.41, 5.74) is 7.71. The third-order valence-corrected chi connectivity index (χ3v) is 4.20. The van der Waals surface area contributed by atoms with Crippen molar-refractivity contribution in [1.29, 1.82) is 0 Å². The number of rotatable bonds is 4. The van der Waals surface area contributed by atoms with Crippen molar-refractivity contribution in [3.05, 3.63) is 23.8 Å². The summed E-state index contributed by atoms with van der Waals surface area (Å²) in [5.74, 6) is 1.11. The Balaban J connectivity index is 2.02. The Labute approximate surface area is 116 Å². The molecule has 19 heavy (non-hydrogen) atoms. The van der Waals surface area contributed by atoms with Crippen molar-refractivity contribution < 1.29 is 5.11 Å². The molecule has 1 aliphatic carbocycles. The van der Waals surface area contributed by atoms with Gasteiger partial charge in [0.1, 0.15) is 5.75 Å². The van der Waals surface area contributed by atoms with Gasteiger partial charge in [-0.1, -0.05) is 25.3 Å². The first-order valence-electron chi connectivity index (χ1n) is 7.37. The fourth-order valence-corrected chi connectivity index (χ4v) is 3.02. The van der Waals surface area contributed by atoms with Gasteiger partial charge in [-0.25, -0.2) is 0 Å². The van der Waals surface area contributed by atoms with Crippen molar-refractivity contribution in [2.75, 3.05) is 18.5 Å². The second kappa shape index (κ2) is 6.29. The van der Waals surface area contributed by atoms with E-state index in [2.05, 4.69) is 18.0 Å². The van der Waals surface area contributed by atoms with Crippen LogP contribution in [0, 0.1) is 5.92 Å². The zero-order valence-electron chi connectivity index (χ0n) is 12.1. The van der Waals surface area contributed by atoms with E-state index in [-0.39, 0.29) is 6.04 Å². The van der Waals surface area contributed by atoms with E-state index in [1.54, 1.807) is 0 Å². The molecule has 3 heteroatoms. The van der Waals surface area contributed by atoms with Gasteiger partial charge in [-0.2, -0.15) is 0 Å². The second-order valence-corrected chi connectivity index (χ2v) is 5.92. The van der Waals surface area contributed by atoms with Gasteiger partial charge >= 0.3 is 0 Å². The molecule has 3 N–H and O–H groups in total. The van der Waals surface area contributed by atoms with Gasteiger partial charge in [-0.3, -0.25) is 0 Å². The summed E-state index contributed by atoms with van der Waals surface area (Å²) in [6.07, 6.45) is 6.81. The minimum absolute atomic E-state index is 0.127. The molecule has 0 aliphatic heterocycles. The highest BCUT2D eigenvalue weighted by Crippen LogP contribution is 2.30. The van der Waals surface area contributed by atoms with Crippen molar-refractivity contribution >= 4 is 5.69 Å². The van der Waals surface area contributed by atoms with E-state index < -0.39 is 0 Å². The van der Waals surface area contributed by atoms with Gasteiger partial charge in [0.15, 0.2) is 0 Å². The minimum Gasteiger partial charge on any atom is -0.508 e. The van der Waals surface area contributed by atoms with Crippen LogP contribution in [0.15, 0.2) is 18.2 Å². The highest BCUT2D eigenvalue weighted by molar-refractivity contribution is 5.53. The molecule has 1 unspecified atom stereocenters. The summed E-state index contributed by atoms with van der Waals surface area (Å²) in [6.45, 7) is 2.97. The van der Waals surface area contributed by atoms with Gasteiger partial charge in [0.25, 0.3) is 0 Å². The van der Waals surface area contributed by atoms with E-state index in [1.165, 1.54) is 32.1 Å². The van der Waals surface area contributed by atoms with Crippen LogP contribution in [0.5, 0.6) is 5.75 Å². The second-order valence-electron chi connectivity index (χ2n) is 5.92. The number of nitrogens with zero attached hydrogens (tertiary/aromatic N) is 1. The summed E-state index contributed by atoms with van der Waals surface area (Å²) >= 11 is 0. The lowest BCUT2D eigenvalue weighted by molar-refractivity contribution is 0.362. The molecule has 0 amide bonds. The summed E-state index contributed by atoms with van der Waals surface area (Å²) in [7, 11) is 2.11. The molecule has 0 saturated heterocycles. The lowest BCUT2D eigenvalue weighted by atomic mass is 9.89. The van der Waals surface area contributed by atoms with Crippen molar-refractivity contribution in [2.45, 2.75) is 45.1 Å². The molecule has 1 aliphatic rings. The zero-order chi connectivity index (χ0) is 13.8. The quantitative estimate of drug-likeness (QED) is 0.874. The van der Waals surface area contributed by atoms with Crippen molar-refractivity contribution in [3.63, 3.8) is 0 Å². The van der Waals surface area contributed by atoms with Crippen molar-refractivity contribution in [1.82, 2.24) is 0 Å². The molecule has 1 fully saturated rings. The van der Waals surface area contributed by atoms with E-state index in [1.807, 2.05) is 19.1 Å². The maximum absolute atomic E-state index is 10.0. The Kier molecular flexibility index (Phi) is 4.70. The Morgan fingerprint density at radius 1 is 1.32 bits per heavy atom. The van der Waals surface area contributed by atoms with E-state index in [4.69, 9.17) is 5.73 Å². The molecule has 0 spiro atoms. The number of hydrogen-bond donors (Lipinski definition) is 2. The topological polar surface area (TPSA) is 49.5 Å². The van der Waals surface area contributed by atoms with Crippen LogP contribution in [-0.2, 0) is 0 Å². The average molecular weight is 262 g/mol. The van der Waals surface area contributed by atoms with Gasteiger partial charge in [-0.05, 0) is 31.7 Å². The van der Waals surface area contributed by atoms with E-state index in [9.17, 15) is 5.11 Å². The maximum Gasteiger partial charge on any atom is 0.122 e. The van der Waals surface area contributed by atoms with E-state index in [0.717, 1.165) is 23.7 Å². The summed E-state index contributed by atoms with van der Waals surface area (Å²) in [6, 6.07) is 5.70.